The number of amides is 1. The van der Waals surface area contributed by atoms with Crippen LogP contribution < -0.4 is 5.32 Å². The van der Waals surface area contributed by atoms with Gasteiger partial charge >= 0.3 is 0 Å². The normalized spacial score (nSPS) is 42.2. The number of benzene rings is 2. The first-order valence-electron chi connectivity index (χ1n) is 23.1. The highest BCUT2D eigenvalue weighted by Gasteiger charge is 2.61. The number of fused-ring (bicyclic) bond motifs is 5. The summed E-state index contributed by atoms with van der Waals surface area (Å²) in [7, 11) is 0. The summed E-state index contributed by atoms with van der Waals surface area (Å²) in [6.45, 7) is -1.02. The first-order valence-corrected chi connectivity index (χ1v) is 23.1. The number of nitrogens with one attached hydrogen (secondary N) is 1. The Kier molecular flexibility index (Phi) is 16.6. The molecule has 21 heteroatoms. The van der Waals surface area contributed by atoms with Gasteiger partial charge in [-0.15, -0.1) is 0 Å². The Morgan fingerprint density at radius 2 is 1.24 bits per heavy atom. The molecule has 20 atom stereocenters. The number of carbonyl (C=O) groups is 1. The Bertz CT molecular complexity index is 1870. The Balaban J connectivity index is 0.828. The zero-order valence-corrected chi connectivity index (χ0v) is 36.5. The maximum Gasteiger partial charge on any atom is 0.251 e. The maximum atomic E-state index is 12.8. The molecule has 8 rings (SSSR count). The van der Waals surface area contributed by atoms with Crippen LogP contribution in [0, 0.1) is 0 Å². The van der Waals surface area contributed by atoms with E-state index in [2.05, 4.69) is 5.32 Å². The minimum atomic E-state index is -1.98. The van der Waals surface area contributed by atoms with Crippen molar-refractivity contribution in [3.63, 3.8) is 0 Å². The molecule has 370 valence electrons. The summed E-state index contributed by atoms with van der Waals surface area (Å²) in [5, 5.41) is 113. The van der Waals surface area contributed by atoms with Gasteiger partial charge in [0.1, 0.15) is 97.7 Å². The third kappa shape index (κ3) is 10.3. The summed E-state index contributed by atoms with van der Waals surface area (Å²) in [6, 6.07) is 13.5. The molecule has 0 saturated carbocycles. The quantitative estimate of drug-likeness (QED) is 0.0628. The van der Waals surface area contributed by atoms with Crippen LogP contribution in [0.1, 0.15) is 68.1 Å². The van der Waals surface area contributed by atoms with Crippen molar-refractivity contribution in [1.29, 1.82) is 0 Å². The van der Waals surface area contributed by atoms with Gasteiger partial charge in [0, 0.05) is 18.5 Å². The van der Waals surface area contributed by atoms with Gasteiger partial charge in [-0.2, -0.15) is 0 Å². The largest absolute Gasteiger partial charge is 0.394 e. The van der Waals surface area contributed by atoms with E-state index in [9.17, 15) is 55.9 Å². The minimum absolute atomic E-state index is 0.0238. The Labute approximate surface area is 381 Å². The average molecular weight is 940 g/mol. The van der Waals surface area contributed by atoms with Crippen LogP contribution in [0.3, 0.4) is 0 Å². The zero-order valence-electron chi connectivity index (χ0n) is 36.5. The molecule has 0 unspecified atom stereocenters. The predicted molar refractivity (Wildman–Crippen MR) is 224 cm³/mol. The van der Waals surface area contributed by atoms with E-state index in [1.165, 1.54) is 0 Å². The number of hydrogen-bond acceptors (Lipinski definition) is 20. The number of ether oxygens (including phenoxy) is 9. The van der Waals surface area contributed by atoms with Gasteiger partial charge in [0.15, 0.2) is 24.7 Å². The summed E-state index contributed by atoms with van der Waals surface area (Å²) in [5.41, 5.74) is 0.655. The summed E-state index contributed by atoms with van der Waals surface area (Å²) >= 11 is 0. The summed E-state index contributed by atoms with van der Waals surface area (Å²) in [5.74, 6) is -2.07. The van der Waals surface area contributed by atoms with Crippen LogP contribution in [0.4, 0.5) is 0 Å². The van der Waals surface area contributed by atoms with Gasteiger partial charge in [0.2, 0.25) is 0 Å². The van der Waals surface area contributed by atoms with Crippen molar-refractivity contribution in [2.24, 2.45) is 0 Å². The smallest absolute Gasteiger partial charge is 0.251 e. The third-order valence-corrected chi connectivity index (χ3v) is 13.7. The Hall–Kier alpha value is -2.59. The average Bonchev–Trinajstić information content (AvgIpc) is 3.81. The molecular formula is C45H65NO20. The fraction of sp³-hybridized carbons (Fsp3) is 0.756. The van der Waals surface area contributed by atoms with Crippen molar-refractivity contribution in [3.8, 4) is 0 Å². The molecule has 2 aromatic rings. The van der Waals surface area contributed by atoms with Crippen LogP contribution in [0.25, 0.3) is 10.8 Å². The summed E-state index contributed by atoms with van der Waals surface area (Å²) in [4.78, 5) is 12.8. The lowest BCUT2D eigenvalue weighted by atomic mass is 9.88. The van der Waals surface area contributed by atoms with E-state index in [-0.39, 0.29) is 25.5 Å². The molecule has 6 aliphatic heterocycles. The van der Waals surface area contributed by atoms with Gasteiger partial charge in [-0.1, -0.05) is 74.9 Å². The van der Waals surface area contributed by atoms with Crippen molar-refractivity contribution in [1.82, 2.24) is 5.32 Å². The van der Waals surface area contributed by atoms with E-state index in [1.54, 1.807) is 0 Å². The number of aliphatic hydroxyl groups is 10. The molecular weight excluding hydrogens is 874 g/mol. The number of carbonyl (C=O) groups excluding carboxylic acids is 1. The lowest BCUT2D eigenvalue weighted by molar-refractivity contribution is -0.400. The summed E-state index contributed by atoms with van der Waals surface area (Å²) < 4.78 is 53.0. The highest BCUT2D eigenvalue weighted by atomic mass is 16.8. The van der Waals surface area contributed by atoms with Crippen molar-refractivity contribution >= 4 is 16.7 Å². The molecule has 6 heterocycles. The van der Waals surface area contributed by atoms with Crippen LogP contribution in [0.2, 0.25) is 0 Å². The van der Waals surface area contributed by atoms with E-state index in [0.29, 0.717) is 24.9 Å². The van der Waals surface area contributed by atoms with Crippen molar-refractivity contribution in [3.05, 3.63) is 48.0 Å². The van der Waals surface area contributed by atoms with Crippen molar-refractivity contribution in [2.75, 3.05) is 33.0 Å². The molecule has 0 spiro atoms. The van der Waals surface area contributed by atoms with Crippen LogP contribution in [0.5, 0.6) is 0 Å². The van der Waals surface area contributed by atoms with Gasteiger partial charge in [0.05, 0.1) is 26.4 Å². The first kappa shape index (κ1) is 49.8. The van der Waals surface area contributed by atoms with Crippen LogP contribution >= 0.6 is 0 Å². The molecule has 21 nitrogen and oxygen atoms in total. The number of rotatable bonds is 20. The molecule has 1 amide bonds. The monoisotopic (exact) mass is 939 g/mol. The highest BCUT2D eigenvalue weighted by Crippen LogP contribution is 2.43. The zero-order chi connectivity index (χ0) is 46.7. The number of aliphatic hydroxyl groups excluding tert-OH is 10. The van der Waals surface area contributed by atoms with Crippen molar-refractivity contribution in [2.45, 2.75) is 180 Å². The van der Waals surface area contributed by atoms with E-state index >= 15 is 0 Å². The second-order valence-corrected chi connectivity index (χ2v) is 18.1. The van der Waals surface area contributed by atoms with E-state index < -0.39 is 136 Å². The standard InChI is InChI=1S/C45H65NO20/c47-18-25-30(50)37(33(53)43(61-25)63-35-27-20-58-38(35)32(52)42(57)60-27)64-44-34(54)39-36(28(62-44)21-59-39)66-45(40(55)31(51)29(49)26(19-48)65-45)16-9-5-3-1-2-4-6-10-17-46-41(56)24-15-11-13-22-12-7-8-14-23(22)24/h7-8,11-15,25-40,42-44,47-55,57H,1-6,9-10,16-21H2,(H,46,56)/t25-,26-,27+,28+,29+,30-,31+,32+,33-,34+,35+,36+,37+,38+,39+,40-,42-,43+,44+,45+/m1/s1. The van der Waals surface area contributed by atoms with Crippen molar-refractivity contribution < 1.29 is 98.5 Å². The van der Waals surface area contributed by atoms with Crippen LogP contribution in [-0.2, 0) is 42.6 Å². The molecule has 11 N–H and O–H groups in total. The van der Waals surface area contributed by atoms with Crippen LogP contribution in [-0.4, -0.2) is 212 Å². The first-order chi connectivity index (χ1) is 31.8. The van der Waals surface area contributed by atoms with Gasteiger partial charge in [-0.05, 0) is 29.7 Å². The molecule has 2 aromatic carbocycles. The lowest BCUT2D eigenvalue weighted by Crippen LogP contribution is -2.69. The van der Waals surface area contributed by atoms with E-state index in [0.717, 1.165) is 49.3 Å². The number of unbranched alkanes of at least 4 members (excludes halogenated alkanes) is 7. The molecule has 6 fully saturated rings. The highest BCUT2D eigenvalue weighted by molar-refractivity contribution is 6.06. The molecule has 0 aromatic heterocycles. The SMILES string of the molecule is O=C(NCCCCCCCCCC[C@@]1(O[C@@H]2[C@H]3OC[C@@H]2O[C@@H](O[C@@H]2[C@@H](O)[C@H](O[C@@H]4[C@H]5OC[C@@H]4O[C@@H](O)[C@H]5O)O[C@H](CO)[C@H]2O)[C@H]3O)O[C@H](CO)[C@H](O)[C@H](O)[C@H]1O)c1cccc2ccccc12. The van der Waals surface area contributed by atoms with Gasteiger partial charge in [0.25, 0.3) is 5.91 Å². The maximum absolute atomic E-state index is 12.8. The fourth-order valence-corrected chi connectivity index (χ4v) is 10.00. The van der Waals surface area contributed by atoms with E-state index in [4.69, 9.17) is 42.6 Å². The minimum Gasteiger partial charge on any atom is -0.394 e. The third-order valence-electron chi connectivity index (χ3n) is 13.7. The fourth-order valence-electron chi connectivity index (χ4n) is 10.00. The Morgan fingerprint density at radius 3 is 1.97 bits per heavy atom. The Morgan fingerprint density at radius 1 is 0.621 bits per heavy atom. The molecule has 4 bridgehead atoms. The lowest BCUT2D eigenvalue weighted by Gasteiger charge is -2.51. The number of hydrogen-bond donors (Lipinski definition) is 11. The van der Waals surface area contributed by atoms with Gasteiger partial charge < -0.3 is 99.0 Å². The predicted octanol–water partition coefficient (Wildman–Crippen LogP) is -2.19. The topological polar surface area (TPSA) is 314 Å². The summed E-state index contributed by atoms with van der Waals surface area (Å²) in [6.07, 6.45) is -20.2. The second kappa shape index (κ2) is 22.0. The molecule has 0 radical (unpaired) electrons. The molecule has 66 heavy (non-hydrogen) atoms. The van der Waals surface area contributed by atoms with E-state index in [1.807, 2.05) is 42.5 Å². The van der Waals surface area contributed by atoms with Gasteiger partial charge in [-0.25, -0.2) is 0 Å². The van der Waals surface area contributed by atoms with Crippen LogP contribution in [0.15, 0.2) is 42.5 Å². The molecule has 0 aliphatic carbocycles. The second-order valence-electron chi connectivity index (χ2n) is 18.1. The van der Waals surface area contributed by atoms with Gasteiger partial charge in [-0.3, -0.25) is 4.79 Å². The molecule has 6 saturated heterocycles. The molecule has 6 aliphatic rings.